The van der Waals surface area contributed by atoms with E-state index in [9.17, 15) is 9.59 Å². The standard InChI is InChI=1S/C30H30N2O3/c1-30(2,3)18-28(33)31-23-11-6-10-21(16-23)27-17-22-19-32(15-14-26(22)35-27)29(34)25-13-7-9-20-8-4-5-12-24(20)25/h4-13,16-17H,14-15,18-19H2,1-3H3,(H,31,33). The first-order valence-electron chi connectivity index (χ1n) is 12.1. The number of carbonyl (C=O) groups excluding carboxylic acids is 2. The van der Waals surface area contributed by atoms with Crippen molar-refractivity contribution in [3.05, 3.63) is 89.7 Å². The molecule has 178 valence electrons. The molecule has 2 heterocycles. The average Bonchev–Trinajstić information content (AvgIpc) is 3.26. The number of carbonyl (C=O) groups is 2. The van der Waals surface area contributed by atoms with Crippen LogP contribution in [0.1, 0.15) is 48.9 Å². The molecule has 5 heteroatoms. The second kappa shape index (κ2) is 9.06. The number of hydrogen-bond acceptors (Lipinski definition) is 3. The fraction of sp³-hybridized carbons (Fsp3) is 0.267. The number of nitrogens with zero attached hydrogens (tertiary/aromatic N) is 1. The Hall–Kier alpha value is -3.86. The van der Waals surface area contributed by atoms with E-state index in [-0.39, 0.29) is 17.2 Å². The number of amides is 2. The summed E-state index contributed by atoms with van der Waals surface area (Å²) in [6.45, 7) is 7.27. The van der Waals surface area contributed by atoms with Crippen LogP contribution in [0.5, 0.6) is 0 Å². The number of anilines is 1. The van der Waals surface area contributed by atoms with Gasteiger partial charge in [0.05, 0.1) is 0 Å². The largest absolute Gasteiger partial charge is 0.461 e. The van der Waals surface area contributed by atoms with Crippen molar-refractivity contribution in [2.24, 2.45) is 5.41 Å². The summed E-state index contributed by atoms with van der Waals surface area (Å²) in [4.78, 5) is 27.7. The van der Waals surface area contributed by atoms with Gasteiger partial charge in [-0.05, 0) is 40.5 Å². The summed E-state index contributed by atoms with van der Waals surface area (Å²) in [6.07, 6.45) is 1.13. The molecule has 0 atom stereocenters. The second-order valence-corrected chi connectivity index (χ2v) is 10.4. The molecule has 5 nitrogen and oxygen atoms in total. The van der Waals surface area contributed by atoms with Gasteiger partial charge in [0.2, 0.25) is 5.91 Å². The molecule has 35 heavy (non-hydrogen) atoms. The minimum Gasteiger partial charge on any atom is -0.461 e. The number of rotatable bonds is 4. The van der Waals surface area contributed by atoms with Gasteiger partial charge in [0.25, 0.3) is 5.91 Å². The van der Waals surface area contributed by atoms with E-state index in [2.05, 4.69) is 5.32 Å². The first kappa shape index (κ1) is 22.9. The van der Waals surface area contributed by atoms with Crippen molar-refractivity contribution in [3.63, 3.8) is 0 Å². The molecule has 0 radical (unpaired) electrons. The number of fused-ring (bicyclic) bond motifs is 2. The summed E-state index contributed by atoms with van der Waals surface area (Å²) >= 11 is 0. The van der Waals surface area contributed by atoms with Crippen LogP contribution < -0.4 is 5.32 Å². The molecule has 4 aromatic rings. The van der Waals surface area contributed by atoms with Gasteiger partial charge >= 0.3 is 0 Å². The Balaban J connectivity index is 1.34. The lowest BCUT2D eigenvalue weighted by molar-refractivity contribution is -0.117. The summed E-state index contributed by atoms with van der Waals surface area (Å²) in [7, 11) is 0. The molecule has 3 aromatic carbocycles. The van der Waals surface area contributed by atoms with Crippen LogP contribution in [0.4, 0.5) is 5.69 Å². The first-order chi connectivity index (χ1) is 16.8. The highest BCUT2D eigenvalue weighted by molar-refractivity contribution is 6.07. The summed E-state index contributed by atoms with van der Waals surface area (Å²) in [5.74, 6) is 1.71. The van der Waals surface area contributed by atoms with E-state index in [1.807, 2.05) is 98.5 Å². The van der Waals surface area contributed by atoms with Crippen LogP contribution in [0, 0.1) is 5.41 Å². The van der Waals surface area contributed by atoms with Crippen LogP contribution in [-0.4, -0.2) is 23.3 Å². The molecule has 5 rings (SSSR count). The van der Waals surface area contributed by atoms with E-state index < -0.39 is 0 Å². The highest BCUT2D eigenvalue weighted by Gasteiger charge is 2.26. The van der Waals surface area contributed by atoms with Gasteiger partial charge in [-0.1, -0.05) is 69.3 Å². The van der Waals surface area contributed by atoms with Crippen LogP contribution >= 0.6 is 0 Å². The Morgan fingerprint density at radius 2 is 1.74 bits per heavy atom. The Bertz CT molecular complexity index is 1410. The molecule has 2 amide bonds. The van der Waals surface area contributed by atoms with Crippen molar-refractivity contribution in [2.75, 3.05) is 11.9 Å². The van der Waals surface area contributed by atoms with Crippen LogP contribution in [0.3, 0.4) is 0 Å². The van der Waals surface area contributed by atoms with E-state index in [1.54, 1.807) is 0 Å². The van der Waals surface area contributed by atoms with E-state index in [0.29, 0.717) is 25.9 Å². The fourth-order valence-corrected chi connectivity index (χ4v) is 4.67. The van der Waals surface area contributed by atoms with Gasteiger partial charge in [-0.2, -0.15) is 0 Å². The molecular weight excluding hydrogens is 436 g/mol. The quantitative estimate of drug-likeness (QED) is 0.365. The Labute approximate surface area is 205 Å². The third-order valence-corrected chi connectivity index (χ3v) is 6.30. The monoisotopic (exact) mass is 466 g/mol. The van der Waals surface area contributed by atoms with E-state index in [0.717, 1.165) is 44.7 Å². The molecule has 0 aliphatic carbocycles. The molecule has 0 saturated heterocycles. The van der Waals surface area contributed by atoms with Gasteiger partial charge in [-0.3, -0.25) is 9.59 Å². The van der Waals surface area contributed by atoms with Crippen molar-refractivity contribution >= 4 is 28.3 Å². The smallest absolute Gasteiger partial charge is 0.254 e. The third-order valence-electron chi connectivity index (χ3n) is 6.30. The maximum atomic E-state index is 13.4. The molecule has 0 fully saturated rings. The topological polar surface area (TPSA) is 62.6 Å². The van der Waals surface area contributed by atoms with Gasteiger partial charge in [0, 0.05) is 48.3 Å². The summed E-state index contributed by atoms with van der Waals surface area (Å²) in [5, 5.41) is 5.03. The molecule has 1 aromatic heterocycles. The number of nitrogens with one attached hydrogen (secondary N) is 1. The predicted molar refractivity (Wildman–Crippen MR) is 139 cm³/mol. The van der Waals surface area contributed by atoms with Crippen LogP contribution in [0.25, 0.3) is 22.1 Å². The third kappa shape index (κ3) is 4.99. The van der Waals surface area contributed by atoms with Crippen LogP contribution in [0.15, 0.2) is 77.2 Å². The molecule has 0 saturated carbocycles. The number of benzene rings is 3. The molecule has 0 unspecified atom stereocenters. The zero-order valence-corrected chi connectivity index (χ0v) is 20.4. The van der Waals surface area contributed by atoms with Gasteiger partial charge in [-0.15, -0.1) is 0 Å². The Morgan fingerprint density at radius 1 is 0.971 bits per heavy atom. The first-order valence-corrected chi connectivity index (χ1v) is 12.1. The average molecular weight is 467 g/mol. The summed E-state index contributed by atoms with van der Waals surface area (Å²) in [5.41, 5.74) is 3.34. The maximum Gasteiger partial charge on any atom is 0.254 e. The van der Waals surface area contributed by atoms with Gasteiger partial charge < -0.3 is 14.6 Å². The minimum atomic E-state index is -0.0723. The lowest BCUT2D eigenvalue weighted by Gasteiger charge is -2.26. The van der Waals surface area contributed by atoms with Crippen molar-refractivity contribution in [1.82, 2.24) is 4.90 Å². The van der Waals surface area contributed by atoms with Crippen molar-refractivity contribution in [1.29, 1.82) is 0 Å². The van der Waals surface area contributed by atoms with Crippen LogP contribution in [0.2, 0.25) is 0 Å². The van der Waals surface area contributed by atoms with Gasteiger partial charge in [0.15, 0.2) is 0 Å². The second-order valence-electron chi connectivity index (χ2n) is 10.4. The normalized spacial score (nSPS) is 13.5. The zero-order chi connectivity index (χ0) is 24.6. The lowest BCUT2D eigenvalue weighted by atomic mass is 9.92. The SMILES string of the molecule is CC(C)(C)CC(=O)Nc1cccc(-c2cc3c(o2)CCN(C(=O)c2cccc4ccccc24)C3)c1. The van der Waals surface area contributed by atoms with Gasteiger partial charge in [-0.25, -0.2) is 0 Å². The van der Waals surface area contributed by atoms with Crippen molar-refractivity contribution in [3.8, 4) is 11.3 Å². The minimum absolute atomic E-state index is 0.00372. The van der Waals surface area contributed by atoms with Crippen LogP contribution in [-0.2, 0) is 17.8 Å². The van der Waals surface area contributed by atoms with E-state index in [4.69, 9.17) is 4.42 Å². The fourth-order valence-electron chi connectivity index (χ4n) is 4.67. The predicted octanol–water partition coefficient (Wildman–Crippen LogP) is 6.67. The van der Waals surface area contributed by atoms with Gasteiger partial charge in [0.1, 0.15) is 11.5 Å². The number of furan rings is 1. The van der Waals surface area contributed by atoms with E-state index in [1.165, 1.54) is 0 Å². The molecule has 0 spiro atoms. The van der Waals surface area contributed by atoms with Crippen molar-refractivity contribution in [2.45, 2.75) is 40.2 Å². The molecule has 1 aliphatic rings. The number of hydrogen-bond donors (Lipinski definition) is 1. The van der Waals surface area contributed by atoms with E-state index >= 15 is 0 Å². The summed E-state index contributed by atoms with van der Waals surface area (Å²) < 4.78 is 6.19. The summed E-state index contributed by atoms with van der Waals surface area (Å²) in [6, 6.07) is 23.6. The molecule has 0 bridgehead atoms. The lowest BCUT2D eigenvalue weighted by Crippen LogP contribution is -2.35. The maximum absolute atomic E-state index is 13.4. The Morgan fingerprint density at radius 3 is 2.57 bits per heavy atom. The van der Waals surface area contributed by atoms with Crippen molar-refractivity contribution < 1.29 is 14.0 Å². The highest BCUT2D eigenvalue weighted by Crippen LogP contribution is 2.32. The molecule has 1 N–H and O–H groups in total. The zero-order valence-electron chi connectivity index (χ0n) is 20.4. The molecular formula is C30H30N2O3. The Kier molecular flexibility index (Phi) is 5.93. The highest BCUT2D eigenvalue weighted by atomic mass is 16.3. The molecule has 1 aliphatic heterocycles.